The number of hydrogen-bond acceptors (Lipinski definition) is 4. The Bertz CT molecular complexity index is 569. The number of hydrogen-bond donors (Lipinski definition) is 1. The molecule has 5 nitrogen and oxygen atoms in total. The summed E-state index contributed by atoms with van der Waals surface area (Å²) in [5.74, 6) is 0.511. The van der Waals surface area contributed by atoms with Gasteiger partial charge in [-0.05, 0) is 71.0 Å². The number of nitrogens with two attached hydrogens (primary N) is 1. The third-order valence-electron chi connectivity index (χ3n) is 5.62. The molecule has 25 heavy (non-hydrogen) atoms. The van der Waals surface area contributed by atoms with E-state index in [9.17, 15) is 4.79 Å². The molecule has 0 radical (unpaired) electrons. The van der Waals surface area contributed by atoms with Crippen LogP contribution in [0.1, 0.15) is 51.9 Å². The first-order chi connectivity index (χ1) is 11.8. The highest BCUT2D eigenvalue weighted by molar-refractivity contribution is 5.98. The second-order valence-electron chi connectivity index (χ2n) is 7.62. The van der Waals surface area contributed by atoms with E-state index >= 15 is 0 Å². The van der Waals surface area contributed by atoms with Gasteiger partial charge in [-0.3, -0.25) is 9.79 Å². The van der Waals surface area contributed by atoms with Gasteiger partial charge in [0, 0.05) is 25.1 Å². The number of aliphatic imine (C=N–C) groups is 1. The van der Waals surface area contributed by atoms with Crippen LogP contribution in [0.25, 0.3) is 0 Å². The van der Waals surface area contributed by atoms with Gasteiger partial charge >= 0.3 is 0 Å². The Morgan fingerprint density at radius 3 is 2.44 bits per heavy atom. The summed E-state index contributed by atoms with van der Waals surface area (Å²) in [4.78, 5) is 18.0. The number of ether oxygens (including phenoxy) is 1. The van der Waals surface area contributed by atoms with E-state index in [1.807, 2.05) is 0 Å². The topological polar surface area (TPSA) is 67.9 Å². The van der Waals surface area contributed by atoms with E-state index in [-0.39, 0.29) is 17.9 Å². The predicted molar refractivity (Wildman–Crippen MR) is 103 cm³/mol. The van der Waals surface area contributed by atoms with E-state index in [1.54, 1.807) is 7.05 Å². The average molecular weight is 348 g/mol. The molecule has 0 saturated heterocycles. The van der Waals surface area contributed by atoms with E-state index in [4.69, 9.17) is 10.5 Å². The Morgan fingerprint density at radius 2 is 1.92 bits per heavy atom. The normalized spacial score (nSPS) is 27.7. The number of allylic oxidation sites excluding steroid dienone is 1. The van der Waals surface area contributed by atoms with Gasteiger partial charge in [0.1, 0.15) is 6.10 Å². The SMILES string of the molecule is C=C(C(=NC)OC1CCC(N(C)C)CC1)C1=C(C)CCC1CC(N)=O. The van der Waals surface area contributed by atoms with Crippen molar-refractivity contribution in [2.24, 2.45) is 16.6 Å². The van der Waals surface area contributed by atoms with Gasteiger partial charge in [0.15, 0.2) is 0 Å². The van der Waals surface area contributed by atoms with Crippen molar-refractivity contribution in [1.29, 1.82) is 0 Å². The number of primary amides is 1. The summed E-state index contributed by atoms with van der Waals surface area (Å²) in [7, 11) is 6.03. The Morgan fingerprint density at radius 1 is 1.28 bits per heavy atom. The van der Waals surface area contributed by atoms with E-state index in [0.717, 1.165) is 49.7 Å². The van der Waals surface area contributed by atoms with Gasteiger partial charge in [0.05, 0.1) is 0 Å². The Hall–Kier alpha value is -1.62. The van der Waals surface area contributed by atoms with Gasteiger partial charge in [0.2, 0.25) is 11.8 Å². The molecule has 140 valence electrons. The van der Waals surface area contributed by atoms with Crippen LogP contribution in [0.4, 0.5) is 0 Å². The minimum absolute atomic E-state index is 0.148. The molecule has 5 heteroatoms. The highest BCUT2D eigenvalue weighted by Gasteiger charge is 2.30. The Labute approximate surface area is 152 Å². The van der Waals surface area contributed by atoms with Crippen molar-refractivity contribution in [1.82, 2.24) is 4.90 Å². The summed E-state index contributed by atoms with van der Waals surface area (Å²) in [5, 5.41) is 0. The maximum absolute atomic E-state index is 11.4. The largest absolute Gasteiger partial charge is 0.474 e. The second kappa shape index (κ2) is 8.65. The highest BCUT2D eigenvalue weighted by atomic mass is 16.5. The van der Waals surface area contributed by atoms with E-state index < -0.39 is 0 Å². The molecule has 0 aromatic heterocycles. The predicted octanol–water partition coefficient (Wildman–Crippen LogP) is 3.06. The van der Waals surface area contributed by atoms with Crippen LogP contribution in [-0.4, -0.2) is 50.0 Å². The molecule has 2 rings (SSSR count). The zero-order valence-corrected chi connectivity index (χ0v) is 16.2. The van der Waals surface area contributed by atoms with Crippen molar-refractivity contribution in [3.8, 4) is 0 Å². The van der Waals surface area contributed by atoms with Crippen LogP contribution in [0.3, 0.4) is 0 Å². The number of nitrogens with zero attached hydrogens (tertiary/aromatic N) is 2. The summed E-state index contributed by atoms with van der Waals surface area (Å²) in [6.45, 7) is 6.36. The van der Waals surface area contributed by atoms with Crippen LogP contribution in [0.15, 0.2) is 28.3 Å². The molecule has 0 aromatic carbocycles. The molecule has 2 aliphatic rings. The maximum Gasteiger partial charge on any atom is 0.218 e. The van der Waals surface area contributed by atoms with Crippen LogP contribution in [0.2, 0.25) is 0 Å². The summed E-state index contributed by atoms with van der Waals surface area (Å²) in [6.07, 6.45) is 6.88. The molecule has 0 bridgehead atoms. The van der Waals surface area contributed by atoms with Crippen molar-refractivity contribution >= 4 is 11.8 Å². The van der Waals surface area contributed by atoms with Gasteiger partial charge in [-0.2, -0.15) is 0 Å². The van der Waals surface area contributed by atoms with Gasteiger partial charge in [-0.1, -0.05) is 12.2 Å². The van der Waals surface area contributed by atoms with Crippen molar-refractivity contribution in [3.05, 3.63) is 23.3 Å². The molecule has 1 unspecified atom stereocenters. The lowest BCUT2D eigenvalue weighted by molar-refractivity contribution is -0.118. The molecular weight excluding hydrogens is 314 g/mol. The highest BCUT2D eigenvalue weighted by Crippen LogP contribution is 2.38. The third-order valence-corrected chi connectivity index (χ3v) is 5.62. The molecule has 0 aromatic rings. The van der Waals surface area contributed by atoms with Crippen LogP contribution < -0.4 is 5.73 Å². The van der Waals surface area contributed by atoms with Crippen molar-refractivity contribution < 1.29 is 9.53 Å². The summed E-state index contributed by atoms with van der Waals surface area (Å²) in [5.41, 5.74) is 8.65. The summed E-state index contributed by atoms with van der Waals surface area (Å²) in [6, 6.07) is 0.643. The molecule has 1 amide bonds. The lowest BCUT2D eigenvalue weighted by atomic mass is 9.90. The molecule has 1 atom stereocenters. The van der Waals surface area contributed by atoms with Gasteiger partial charge in [-0.25, -0.2) is 0 Å². The van der Waals surface area contributed by atoms with Crippen LogP contribution in [0, 0.1) is 5.92 Å². The quantitative estimate of drug-likeness (QED) is 0.593. The fourth-order valence-electron chi connectivity index (χ4n) is 4.18. The van der Waals surface area contributed by atoms with E-state index in [0.29, 0.717) is 18.4 Å². The molecule has 2 N–H and O–H groups in total. The zero-order valence-electron chi connectivity index (χ0n) is 16.2. The summed E-state index contributed by atoms with van der Waals surface area (Å²) >= 11 is 0. The Kier molecular flexibility index (Phi) is 6.82. The lowest BCUT2D eigenvalue weighted by Gasteiger charge is -2.33. The van der Waals surface area contributed by atoms with Crippen LogP contribution in [-0.2, 0) is 9.53 Å². The van der Waals surface area contributed by atoms with Gasteiger partial charge in [-0.15, -0.1) is 0 Å². The van der Waals surface area contributed by atoms with Crippen LogP contribution in [0.5, 0.6) is 0 Å². The first-order valence-electron chi connectivity index (χ1n) is 9.30. The number of rotatable bonds is 6. The minimum Gasteiger partial charge on any atom is -0.474 e. The standard InChI is InChI=1S/C20H33N3O2/c1-13-6-7-15(12-18(21)24)19(13)14(2)20(22-3)25-17-10-8-16(9-11-17)23(4)5/h15-17H,2,6-12H2,1,3-5H3,(H2,21,24). The first kappa shape index (κ1) is 19.7. The molecule has 2 aliphatic carbocycles. The second-order valence-corrected chi connectivity index (χ2v) is 7.62. The van der Waals surface area contributed by atoms with Crippen molar-refractivity contribution in [2.45, 2.75) is 64.0 Å². The lowest BCUT2D eigenvalue weighted by Crippen LogP contribution is -2.35. The van der Waals surface area contributed by atoms with Gasteiger partial charge in [0.25, 0.3) is 0 Å². The van der Waals surface area contributed by atoms with Crippen LogP contribution >= 0.6 is 0 Å². The number of carbonyl (C=O) groups excluding carboxylic acids is 1. The fourth-order valence-corrected chi connectivity index (χ4v) is 4.18. The van der Waals surface area contributed by atoms with E-state index in [1.165, 1.54) is 5.57 Å². The minimum atomic E-state index is -0.261. The maximum atomic E-state index is 11.4. The number of carbonyl (C=O) groups is 1. The molecular formula is C20H33N3O2. The van der Waals surface area contributed by atoms with E-state index in [2.05, 4.69) is 37.5 Å². The number of amides is 1. The van der Waals surface area contributed by atoms with Crippen molar-refractivity contribution in [3.63, 3.8) is 0 Å². The molecule has 1 saturated carbocycles. The molecule has 0 heterocycles. The third kappa shape index (κ3) is 4.94. The monoisotopic (exact) mass is 347 g/mol. The molecule has 0 aliphatic heterocycles. The Balaban J connectivity index is 2.02. The van der Waals surface area contributed by atoms with Crippen molar-refractivity contribution in [2.75, 3.05) is 21.1 Å². The smallest absolute Gasteiger partial charge is 0.218 e. The first-order valence-corrected chi connectivity index (χ1v) is 9.30. The average Bonchev–Trinajstić information content (AvgIpc) is 2.92. The van der Waals surface area contributed by atoms with Gasteiger partial charge < -0.3 is 15.4 Å². The fraction of sp³-hybridized carbons (Fsp3) is 0.700. The summed E-state index contributed by atoms with van der Waals surface area (Å²) < 4.78 is 6.23. The molecule has 0 spiro atoms. The molecule has 1 fully saturated rings. The zero-order chi connectivity index (χ0) is 18.6.